The van der Waals surface area contributed by atoms with Crippen LogP contribution in [0.5, 0.6) is 0 Å². The Kier molecular flexibility index (Phi) is 5.54. The van der Waals surface area contributed by atoms with Crippen LogP contribution in [0, 0.1) is 0 Å². The Hall–Kier alpha value is -6.39. The van der Waals surface area contributed by atoms with Gasteiger partial charge in [0.25, 0.3) is 0 Å². The molecule has 0 spiro atoms. The number of aromatic nitrogens is 3. The van der Waals surface area contributed by atoms with Crippen LogP contribution >= 0.6 is 0 Å². The standard InChI is InChI=1S/C43H25N3O/c1-2-10-27(11-3-1)34-22-20-28-17-18-29-21-23-35(45-41(29)40(28)44-34)30-12-8-13-31(25-30)42-43-39(33-15-6-7-16-37(33)47-43)38-32-14-5-4-9-26(32)19-24-36(38)46-42/h1-25H. The Morgan fingerprint density at radius 3 is 1.83 bits per heavy atom. The van der Waals surface area contributed by atoms with Gasteiger partial charge in [0.2, 0.25) is 0 Å². The summed E-state index contributed by atoms with van der Waals surface area (Å²) in [6.45, 7) is 0. The van der Waals surface area contributed by atoms with E-state index in [9.17, 15) is 0 Å². The molecule has 0 bridgehead atoms. The normalized spacial score (nSPS) is 11.8. The van der Waals surface area contributed by atoms with Gasteiger partial charge in [-0.05, 0) is 41.1 Å². The topological polar surface area (TPSA) is 51.8 Å². The van der Waals surface area contributed by atoms with Crippen LogP contribution in [0.4, 0.5) is 0 Å². The molecule has 0 aliphatic heterocycles. The molecule has 0 saturated carbocycles. The van der Waals surface area contributed by atoms with Crippen molar-refractivity contribution in [3.8, 4) is 33.8 Å². The van der Waals surface area contributed by atoms with Gasteiger partial charge in [-0.3, -0.25) is 0 Å². The molecule has 0 unspecified atom stereocenters. The first-order valence-corrected chi connectivity index (χ1v) is 15.8. The van der Waals surface area contributed by atoms with E-state index < -0.39 is 0 Å². The molecular weight excluding hydrogens is 574 g/mol. The average Bonchev–Trinajstić information content (AvgIpc) is 3.54. The molecule has 0 N–H and O–H groups in total. The first-order valence-electron chi connectivity index (χ1n) is 15.8. The van der Waals surface area contributed by atoms with Crippen molar-refractivity contribution < 1.29 is 4.42 Å². The van der Waals surface area contributed by atoms with Crippen molar-refractivity contribution >= 4 is 65.4 Å². The zero-order valence-electron chi connectivity index (χ0n) is 25.2. The molecule has 0 amide bonds. The van der Waals surface area contributed by atoms with Crippen LogP contribution in [-0.4, -0.2) is 15.0 Å². The van der Waals surface area contributed by atoms with E-state index in [1.807, 2.05) is 30.3 Å². The van der Waals surface area contributed by atoms with Gasteiger partial charge in [0.1, 0.15) is 11.3 Å². The zero-order chi connectivity index (χ0) is 30.9. The summed E-state index contributed by atoms with van der Waals surface area (Å²) < 4.78 is 6.61. The molecule has 4 nitrogen and oxygen atoms in total. The molecule has 218 valence electrons. The molecule has 0 radical (unpaired) electrons. The van der Waals surface area contributed by atoms with Crippen LogP contribution in [-0.2, 0) is 0 Å². The van der Waals surface area contributed by atoms with Crippen molar-refractivity contribution in [3.63, 3.8) is 0 Å². The first-order chi connectivity index (χ1) is 23.3. The Bertz CT molecular complexity index is 2850. The number of fused-ring (bicyclic) bond motifs is 10. The van der Waals surface area contributed by atoms with Crippen molar-refractivity contribution in [2.75, 3.05) is 0 Å². The highest BCUT2D eigenvalue weighted by molar-refractivity contribution is 6.27. The molecule has 6 aromatic carbocycles. The van der Waals surface area contributed by atoms with Crippen molar-refractivity contribution in [1.82, 2.24) is 15.0 Å². The summed E-state index contributed by atoms with van der Waals surface area (Å²) >= 11 is 0. The lowest BCUT2D eigenvalue weighted by atomic mass is 9.97. The molecule has 10 rings (SSSR count). The fraction of sp³-hybridized carbons (Fsp3) is 0. The van der Waals surface area contributed by atoms with E-state index in [1.54, 1.807) is 0 Å². The smallest absolute Gasteiger partial charge is 0.162 e. The molecule has 4 heterocycles. The van der Waals surface area contributed by atoms with E-state index in [-0.39, 0.29) is 0 Å². The van der Waals surface area contributed by atoms with Crippen LogP contribution in [0.25, 0.3) is 99.2 Å². The minimum atomic E-state index is 0.794. The molecule has 4 heteroatoms. The number of hydrogen-bond donors (Lipinski definition) is 0. The van der Waals surface area contributed by atoms with Crippen LogP contribution in [0.3, 0.4) is 0 Å². The van der Waals surface area contributed by atoms with Crippen LogP contribution in [0.2, 0.25) is 0 Å². The van der Waals surface area contributed by atoms with Crippen molar-refractivity contribution in [2.45, 2.75) is 0 Å². The second-order valence-electron chi connectivity index (χ2n) is 12.0. The van der Waals surface area contributed by atoms with E-state index in [2.05, 4.69) is 121 Å². The number of benzene rings is 6. The predicted molar refractivity (Wildman–Crippen MR) is 193 cm³/mol. The third-order valence-corrected chi connectivity index (χ3v) is 9.22. The van der Waals surface area contributed by atoms with Crippen molar-refractivity contribution in [3.05, 3.63) is 152 Å². The molecule has 47 heavy (non-hydrogen) atoms. The third kappa shape index (κ3) is 4.05. The summed E-state index contributed by atoms with van der Waals surface area (Å²) in [5.41, 5.74) is 10.1. The molecule has 4 aromatic heterocycles. The fourth-order valence-electron chi connectivity index (χ4n) is 6.97. The highest BCUT2D eigenvalue weighted by Gasteiger charge is 2.20. The second-order valence-corrected chi connectivity index (χ2v) is 12.0. The Morgan fingerprint density at radius 1 is 0.404 bits per heavy atom. The van der Waals surface area contributed by atoms with E-state index in [0.29, 0.717) is 0 Å². The van der Waals surface area contributed by atoms with Gasteiger partial charge in [-0.1, -0.05) is 121 Å². The number of furan rings is 1. The Labute approximate surface area is 269 Å². The highest BCUT2D eigenvalue weighted by atomic mass is 16.3. The Morgan fingerprint density at radius 2 is 1.02 bits per heavy atom. The number of hydrogen-bond acceptors (Lipinski definition) is 4. The van der Waals surface area contributed by atoms with Crippen molar-refractivity contribution in [1.29, 1.82) is 0 Å². The van der Waals surface area contributed by atoms with E-state index in [1.165, 1.54) is 10.8 Å². The summed E-state index contributed by atoms with van der Waals surface area (Å²) in [5.74, 6) is 0. The van der Waals surface area contributed by atoms with Gasteiger partial charge in [0.05, 0.1) is 27.9 Å². The quantitative estimate of drug-likeness (QED) is 0.190. The SMILES string of the molecule is c1ccc(-c2ccc3ccc4ccc(-c5cccc(-c6nc7ccc8ccccc8c7c7c6oc6ccccc67)c5)nc4c3n2)cc1. The number of pyridine rings is 3. The van der Waals surface area contributed by atoms with Crippen molar-refractivity contribution in [2.24, 2.45) is 0 Å². The van der Waals surface area contributed by atoms with Gasteiger partial charge >= 0.3 is 0 Å². The van der Waals surface area contributed by atoms with Crippen LogP contribution in [0.15, 0.2) is 156 Å². The summed E-state index contributed by atoms with van der Waals surface area (Å²) in [4.78, 5) is 15.6. The first kappa shape index (κ1) is 25.9. The molecule has 0 fully saturated rings. The molecule has 0 saturated heterocycles. The summed E-state index contributed by atoms with van der Waals surface area (Å²) in [7, 11) is 0. The maximum absolute atomic E-state index is 6.61. The summed E-state index contributed by atoms with van der Waals surface area (Å²) in [6, 6.07) is 52.5. The molecule has 0 atom stereocenters. The number of nitrogens with zero attached hydrogens (tertiary/aromatic N) is 3. The molecule has 0 aliphatic carbocycles. The van der Waals surface area contributed by atoms with Crippen LogP contribution in [0.1, 0.15) is 0 Å². The van der Waals surface area contributed by atoms with E-state index in [0.717, 1.165) is 88.4 Å². The van der Waals surface area contributed by atoms with Gasteiger partial charge in [0, 0.05) is 43.6 Å². The van der Waals surface area contributed by atoms with E-state index >= 15 is 0 Å². The lowest BCUT2D eigenvalue weighted by molar-refractivity contribution is 0.669. The highest BCUT2D eigenvalue weighted by Crippen LogP contribution is 2.42. The minimum Gasteiger partial charge on any atom is -0.454 e. The lowest BCUT2D eigenvalue weighted by Gasteiger charge is -2.11. The average molecular weight is 600 g/mol. The Balaban J connectivity index is 1.18. The van der Waals surface area contributed by atoms with Gasteiger partial charge in [-0.15, -0.1) is 0 Å². The fourth-order valence-corrected chi connectivity index (χ4v) is 6.97. The molecular formula is C43H25N3O. The van der Waals surface area contributed by atoms with Gasteiger partial charge < -0.3 is 4.42 Å². The number of rotatable bonds is 3. The molecule has 0 aliphatic rings. The second kappa shape index (κ2) is 10.1. The maximum Gasteiger partial charge on any atom is 0.162 e. The van der Waals surface area contributed by atoms with Crippen LogP contribution < -0.4 is 0 Å². The summed E-state index contributed by atoms with van der Waals surface area (Å²) in [5, 5.41) is 7.79. The van der Waals surface area contributed by atoms with Gasteiger partial charge in [-0.2, -0.15) is 0 Å². The van der Waals surface area contributed by atoms with Gasteiger partial charge in [0.15, 0.2) is 5.58 Å². The maximum atomic E-state index is 6.61. The number of para-hydroxylation sites is 1. The molecule has 10 aromatic rings. The predicted octanol–water partition coefficient (Wildman–Crippen LogP) is 11.4. The minimum absolute atomic E-state index is 0.794. The third-order valence-electron chi connectivity index (χ3n) is 9.22. The van der Waals surface area contributed by atoms with E-state index in [4.69, 9.17) is 19.4 Å². The lowest BCUT2D eigenvalue weighted by Crippen LogP contribution is -1.92. The zero-order valence-corrected chi connectivity index (χ0v) is 25.2. The largest absolute Gasteiger partial charge is 0.454 e. The van der Waals surface area contributed by atoms with Gasteiger partial charge in [-0.25, -0.2) is 15.0 Å². The monoisotopic (exact) mass is 599 g/mol. The summed E-state index contributed by atoms with van der Waals surface area (Å²) in [6.07, 6.45) is 0.